The lowest BCUT2D eigenvalue weighted by Gasteiger charge is -2.23. The van der Waals surface area contributed by atoms with Crippen molar-refractivity contribution in [2.24, 2.45) is 4.99 Å². The van der Waals surface area contributed by atoms with E-state index in [1.165, 1.54) is 12.4 Å². The van der Waals surface area contributed by atoms with E-state index < -0.39 is 0 Å². The summed E-state index contributed by atoms with van der Waals surface area (Å²) in [7, 11) is 0. The molecule has 31 heavy (non-hydrogen) atoms. The van der Waals surface area contributed by atoms with Gasteiger partial charge in [-0.25, -0.2) is 19.4 Å². The van der Waals surface area contributed by atoms with Gasteiger partial charge >= 0.3 is 0 Å². The highest BCUT2D eigenvalue weighted by Crippen LogP contribution is 2.58. The third-order valence-electron chi connectivity index (χ3n) is 6.54. The zero-order valence-electron chi connectivity index (χ0n) is 17.8. The van der Waals surface area contributed by atoms with Crippen molar-refractivity contribution in [3.05, 3.63) is 41.6 Å². The monoisotopic (exact) mass is 423 g/mol. The summed E-state index contributed by atoms with van der Waals surface area (Å²) in [5.74, 6) is 0.246. The second-order valence-electron chi connectivity index (χ2n) is 8.72. The summed E-state index contributed by atoms with van der Waals surface area (Å²) in [6.45, 7) is 5.63. The van der Waals surface area contributed by atoms with Crippen molar-refractivity contribution in [1.29, 1.82) is 0 Å². The number of carbonyl (C=O) groups is 1. The molecule has 1 aromatic heterocycles. The lowest BCUT2D eigenvalue weighted by molar-refractivity contribution is -0.116. The van der Waals surface area contributed by atoms with Gasteiger partial charge in [0.25, 0.3) is 5.91 Å². The molecular formula is C23H26FN5O2. The van der Waals surface area contributed by atoms with Crippen LogP contribution in [0.4, 0.5) is 21.6 Å². The minimum absolute atomic E-state index is 0.00720. The molecule has 0 unspecified atom stereocenters. The zero-order chi connectivity index (χ0) is 21.6. The quantitative estimate of drug-likeness (QED) is 0.762. The standard InChI is InChI=1S/C23H26FN5O2/c1-14-20(27-15(2)22(30)28-17-5-9-31-10-6-17)21(26-13-25-14)29-12-23(7-8-23)18-11-16(24)3-4-19(18)29/h3-4,11,13,17H,5-10,12H2,1-2H3,(H,28,30)/b27-15+. The molecule has 162 valence electrons. The summed E-state index contributed by atoms with van der Waals surface area (Å²) < 4.78 is 19.3. The molecular weight excluding hydrogens is 397 g/mol. The third kappa shape index (κ3) is 3.69. The van der Waals surface area contributed by atoms with Gasteiger partial charge in [-0.05, 0) is 63.3 Å². The average molecular weight is 423 g/mol. The van der Waals surface area contributed by atoms with Gasteiger partial charge in [-0.2, -0.15) is 0 Å². The number of fused-ring (bicyclic) bond motifs is 2. The van der Waals surface area contributed by atoms with Gasteiger partial charge in [0.2, 0.25) is 0 Å². The van der Waals surface area contributed by atoms with Crippen molar-refractivity contribution < 1.29 is 13.9 Å². The van der Waals surface area contributed by atoms with Crippen molar-refractivity contribution in [1.82, 2.24) is 15.3 Å². The molecule has 0 radical (unpaired) electrons. The number of anilines is 2. The van der Waals surface area contributed by atoms with E-state index in [0.29, 0.717) is 36.1 Å². The molecule has 0 atom stereocenters. The van der Waals surface area contributed by atoms with E-state index >= 15 is 0 Å². The van der Waals surface area contributed by atoms with E-state index in [1.807, 2.05) is 13.0 Å². The molecule has 3 heterocycles. The van der Waals surface area contributed by atoms with Crippen LogP contribution < -0.4 is 10.2 Å². The van der Waals surface area contributed by atoms with Crippen LogP contribution in [0, 0.1) is 12.7 Å². The van der Waals surface area contributed by atoms with E-state index in [1.54, 1.807) is 13.0 Å². The van der Waals surface area contributed by atoms with Gasteiger partial charge in [0, 0.05) is 36.9 Å². The van der Waals surface area contributed by atoms with Crippen LogP contribution in [0.5, 0.6) is 0 Å². The third-order valence-corrected chi connectivity index (χ3v) is 6.54. The fourth-order valence-electron chi connectivity index (χ4n) is 4.54. The van der Waals surface area contributed by atoms with Gasteiger partial charge in [0.05, 0.1) is 5.69 Å². The van der Waals surface area contributed by atoms with Crippen LogP contribution in [0.25, 0.3) is 0 Å². The predicted octanol–water partition coefficient (Wildman–Crippen LogP) is 3.50. The van der Waals surface area contributed by atoms with Gasteiger partial charge in [-0.1, -0.05) is 0 Å². The second-order valence-corrected chi connectivity index (χ2v) is 8.72. The Hall–Kier alpha value is -2.87. The van der Waals surface area contributed by atoms with Crippen LogP contribution in [0.15, 0.2) is 29.5 Å². The number of hydrogen-bond acceptors (Lipinski definition) is 6. The first-order valence-electron chi connectivity index (χ1n) is 10.8. The highest BCUT2D eigenvalue weighted by Gasteiger charge is 2.52. The average Bonchev–Trinajstić information content (AvgIpc) is 3.48. The number of carbonyl (C=O) groups excluding carboxylic acids is 1. The molecule has 7 nitrogen and oxygen atoms in total. The Labute approximate surface area is 180 Å². The number of nitrogens with one attached hydrogen (secondary N) is 1. The van der Waals surface area contributed by atoms with Crippen LogP contribution in [0.3, 0.4) is 0 Å². The van der Waals surface area contributed by atoms with E-state index in [2.05, 4.69) is 25.2 Å². The molecule has 5 rings (SSSR count). The van der Waals surface area contributed by atoms with E-state index in [-0.39, 0.29) is 23.2 Å². The summed E-state index contributed by atoms with van der Waals surface area (Å²) >= 11 is 0. The predicted molar refractivity (Wildman–Crippen MR) is 116 cm³/mol. The molecule has 2 fully saturated rings. The van der Waals surface area contributed by atoms with Gasteiger partial charge < -0.3 is 15.0 Å². The fourth-order valence-corrected chi connectivity index (χ4v) is 4.54. The molecule has 2 aromatic rings. The fraction of sp³-hybridized carbons (Fsp3) is 0.478. The molecule has 1 amide bonds. The minimum atomic E-state index is -0.218. The zero-order valence-corrected chi connectivity index (χ0v) is 17.8. The first-order chi connectivity index (χ1) is 15.0. The van der Waals surface area contributed by atoms with Crippen molar-refractivity contribution in [3.8, 4) is 0 Å². The topological polar surface area (TPSA) is 79.7 Å². The normalized spacial score (nSPS) is 20.1. The summed E-state index contributed by atoms with van der Waals surface area (Å²) in [4.78, 5) is 28.3. The van der Waals surface area contributed by atoms with Crippen molar-refractivity contribution in [3.63, 3.8) is 0 Å². The lowest BCUT2D eigenvalue weighted by Crippen LogP contribution is -2.41. The van der Waals surface area contributed by atoms with Crippen LogP contribution in [0.2, 0.25) is 0 Å². The summed E-state index contributed by atoms with van der Waals surface area (Å²) in [6.07, 6.45) is 5.20. The lowest BCUT2D eigenvalue weighted by atomic mass is 9.99. The molecule has 1 saturated carbocycles. The molecule has 1 aromatic carbocycles. The minimum Gasteiger partial charge on any atom is -0.381 e. The molecule has 1 N–H and O–H groups in total. The molecule has 1 saturated heterocycles. The Morgan fingerprint density at radius 1 is 1.29 bits per heavy atom. The number of amides is 1. The maximum Gasteiger partial charge on any atom is 0.265 e. The number of hydrogen-bond donors (Lipinski definition) is 1. The molecule has 2 aliphatic heterocycles. The van der Waals surface area contributed by atoms with Gasteiger partial charge in [-0.3, -0.25) is 4.79 Å². The number of rotatable bonds is 4. The smallest absolute Gasteiger partial charge is 0.265 e. The van der Waals surface area contributed by atoms with Gasteiger partial charge in [0.15, 0.2) is 5.82 Å². The SMILES string of the molecule is C/C(=N\c1c(C)ncnc1N1CC2(CC2)c2cc(F)ccc21)C(=O)NC1CCOCC1. The number of aryl methyl sites for hydroxylation is 1. The Morgan fingerprint density at radius 3 is 2.81 bits per heavy atom. The van der Waals surface area contributed by atoms with Crippen LogP contribution >= 0.6 is 0 Å². The Morgan fingerprint density at radius 2 is 2.06 bits per heavy atom. The van der Waals surface area contributed by atoms with E-state index in [9.17, 15) is 9.18 Å². The first kappa shape index (κ1) is 20.1. The Bertz CT molecular complexity index is 1060. The maximum absolute atomic E-state index is 13.9. The number of ether oxygens (including phenoxy) is 1. The van der Waals surface area contributed by atoms with Crippen molar-refractivity contribution >= 4 is 28.8 Å². The number of aromatic nitrogens is 2. The van der Waals surface area contributed by atoms with E-state index in [0.717, 1.165) is 43.5 Å². The number of halogens is 1. The molecule has 0 bridgehead atoms. The molecule has 1 aliphatic carbocycles. The number of nitrogens with zero attached hydrogens (tertiary/aromatic N) is 4. The summed E-state index contributed by atoms with van der Waals surface area (Å²) in [5, 5.41) is 3.05. The van der Waals surface area contributed by atoms with Crippen LogP contribution in [-0.4, -0.2) is 47.4 Å². The summed E-state index contributed by atoms with van der Waals surface area (Å²) in [6, 6.07) is 5.05. The van der Waals surface area contributed by atoms with Gasteiger partial charge in [-0.15, -0.1) is 0 Å². The first-order valence-corrected chi connectivity index (χ1v) is 10.8. The Kier molecular flexibility index (Phi) is 4.97. The Balaban J connectivity index is 1.47. The van der Waals surface area contributed by atoms with Crippen LogP contribution in [0.1, 0.15) is 43.9 Å². The molecule has 3 aliphatic rings. The summed E-state index contributed by atoms with van der Waals surface area (Å²) in [5.41, 5.74) is 3.63. The van der Waals surface area contributed by atoms with Gasteiger partial charge in [0.1, 0.15) is 23.5 Å². The van der Waals surface area contributed by atoms with Crippen LogP contribution in [-0.2, 0) is 14.9 Å². The number of aliphatic imine (C=N–C) groups is 1. The van der Waals surface area contributed by atoms with Crippen molar-refractivity contribution in [2.75, 3.05) is 24.7 Å². The van der Waals surface area contributed by atoms with E-state index in [4.69, 9.17) is 4.74 Å². The second kappa shape index (κ2) is 7.67. The van der Waals surface area contributed by atoms with Crippen molar-refractivity contribution in [2.45, 2.75) is 51.0 Å². The molecule has 1 spiro atoms. The molecule has 8 heteroatoms. The highest BCUT2D eigenvalue weighted by molar-refractivity contribution is 6.38. The largest absolute Gasteiger partial charge is 0.381 e. The number of benzene rings is 1. The highest BCUT2D eigenvalue weighted by atomic mass is 19.1. The maximum atomic E-state index is 13.9.